The number of urea groups is 1. The van der Waals surface area contributed by atoms with E-state index in [1.165, 1.54) is 4.90 Å². The predicted octanol–water partition coefficient (Wildman–Crippen LogP) is 2.07. The normalized spacial score (nSPS) is 19.6. The zero-order valence-corrected chi connectivity index (χ0v) is 10.9. The van der Waals surface area contributed by atoms with Gasteiger partial charge in [0, 0.05) is 0 Å². The molecule has 1 saturated heterocycles. The van der Waals surface area contributed by atoms with E-state index in [4.69, 9.17) is 0 Å². The SMILES string of the molecule is Cc1ccccc1CN1C(=O)NC(C(C)C)C1=O. The first-order valence-corrected chi connectivity index (χ1v) is 6.17. The lowest BCUT2D eigenvalue weighted by Gasteiger charge is -2.15. The Bertz CT molecular complexity index is 482. The van der Waals surface area contributed by atoms with Gasteiger partial charge in [0.25, 0.3) is 5.91 Å². The summed E-state index contributed by atoms with van der Waals surface area (Å²) in [4.78, 5) is 25.2. The van der Waals surface area contributed by atoms with E-state index in [2.05, 4.69) is 5.32 Å². The second-order valence-corrected chi connectivity index (χ2v) is 5.02. The highest BCUT2D eigenvalue weighted by atomic mass is 16.2. The van der Waals surface area contributed by atoms with Crippen molar-refractivity contribution in [2.75, 3.05) is 0 Å². The Morgan fingerprint density at radius 3 is 2.50 bits per heavy atom. The third kappa shape index (κ3) is 2.23. The molecule has 1 aliphatic rings. The minimum absolute atomic E-state index is 0.114. The van der Waals surface area contributed by atoms with Gasteiger partial charge >= 0.3 is 6.03 Å². The number of carbonyl (C=O) groups is 2. The number of rotatable bonds is 3. The lowest BCUT2D eigenvalue weighted by Crippen LogP contribution is -2.34. The van der Waals surface area contributed by atoms with Crippen LogP contribution in [0.3, 0.4) is 0 Å². The van der Waals surface area contributed by atoms with Crippen molar-refractivity contribution in [1.82, 2.24) is 10.2 Å². The number of benzene rings is 1. The zero-order chi connectivity index (χ0) is 13.3. The van der Waals surface area contributed by atoms with Crippen LogP contribution >= 0.6 is 0 Å². The minimum Gasteiger partial charge on any atom is -0.326 e. The Morgan fingerprint density at radius 1 is 1.28 bits per heavy atom. The Balaban J connectivity index is 2.18. The molecule has 0 spiro atoms. The van der Waals surface area contributed by atoms with Crippen molar-refractivity contribution in [3.63, 3.8) is 0 Å². The molecule has 1 atom stereocenters. The quantitative estimate of drug-likeness (QED) is 0.830. The molecule has 0 aromatic heterocycles. The van der Waals surface area contributed by atoms with Gasteiger partial charge in [-0.2, -0.15) is 0 Å². The zero-order valence-electron chi connectivity index (χ0n) is 10.9. The van der Waals surface area contributed by atoms with Gasteiger partial charge in [0.1, 0.15) is 6.04 Å². The lowest BCUT2D eigenvalue weighted by molar-refractivity contribution is -0.128. The van der Waals surface area contributed by atoms with E-state index < -0.39 is 0 Å². The Morgan fingerprint density at radius 2 is 1.94 bits per heavy atom. The maximum Gasteiger partial charge on any atom is 0.325 e. The molecule has 1 N–H and O–H groups in total. The van der Waals surface area contributed by atoms with Gasteiger partial charge in [-0.3, -0.25) is 9.69 Å². The molecule has 96 valence electrons. The molecule has 2 rings (SSSR count). The average Bonchev–Trinajstić information content (AvgIpc) is 2.60. The predicted molar refractivity (Wildman–Crippen MR) is 68.9 cm³/mol. The maximum atomic E-state index is 12.1. The summed E-state index contributed by atoms with van der Waals surface area (Å²) in [6.45, 7) is 6.19. The van der Waals surface area contributed by atoms with Gasteiger partial charge in [-0.05, 0) is 24.0 Å². The molecule has 1 fully saturated rings. The summed E-state index contributed by atoms with van der Waals surface area (Å²) in [6.07, 6.45) is 0. The van der Waals surface area contributed by atoms with Gasteiger partial charge in [0.05, 0.1) is 6.54 Å². The number of aryl methyl sites for hydroxylation is 1. The van der Waals surface area contributed by atoms with Crippen LogP contribution in [-0.4, -0.2) is 22.9 Å². The molecule has 1 aliphatic heterocycles. The standard InChI is InChI=1S/C14H18N2O2/c1-9(2)12-13(17)16(14(18)15-12)8-11-7-5-4-6-10(11)3/h4-7,9,12H,8H2,1-3H3,(H,15,18). The van der Waals surface area contributed by atoms with Crippen molar-refractivity contribution in [2.45, 2.75) is 33.4 Å². The van der Waals surface area contributed by atoms with E-state index in [-0.39, 0.29) is 23.9 Å². The van der Waals surface area contributed by atoms with Crippen molar-refractivity contribution in [3.05, 3.63) is 35.4 Å². The highest BCUT2D eigenvalue weighted by Crippen LogP contribution is 2.18. The van der Waals surface area contributed by atoms with Crippen LogP contribution in [0.25, 0.3) is 0 Å². The summed E-state index contributed by atoms with van der Waals surface area (Å²) >= 11 is 0. The lowest BCUT2D eigenvalue weighted by atomic mass is 10.0. The van der Waals surface area contributed by atoms with Crippen LogP contribution in [0.4, 0.5) is 4.79 Å². The second-order valence-electron chi connectivity index (χ2n) is 5.02. The number of imide groups is 1. The molecule has 0 aliphatic carbocycles. The first kappa shape index (κ1) is 12.6. The molecule has 0 saturated carbocycles. The molecule has 4 heteroatoms. The van der Waals surface area contributed by atoms with Crippen LogP contribution in [0.5, 0.6) is 0 Å². The van der Waals surface area contributed by atoms with Gasteiger partial charge in [-0.25, -0.2) is 4.79 Å². The van der Waals surface area contributed by atoms with Crippen LogP contribution in [0.1, 0.15) is 25.0 Å². The molecule has 0 radical (unpaired) electrons. The summed E-state index contributed by atoms with van der Waals surface area (Å²) in [5.74, 6) is -0.0124. The Hall–Kier alpha value is -1.84. The summed E-state index contributed by atoms with van der Waals surface area (Å²) in [6, 6.07) is 7.11. The monoisotopic (exact) mass is 246 g/mol. The highest BCUT2D eigenvalue weighted by Gasteiger charge is 2.39. The van der Waals surface area contributed by atoms with Gasteiger partial charge in [0.15, 0.2) is 0 Å². The summed E-state index contributed by atoms with van der Waals surface area (Å²) in [5, 5.41) is 2.73. The van der Waals surface area contributed by atoms with Crippen molar-refractivity contribution in [3.8, 4) is 0 Å². The third-order valence-corrected chi connectivity index (χ3v) is 3.31. The van der Waals surface area contributed by atoms with Gasteiger partial charge in [-0.15, -0.1) is 0 Å². The van der Waals surface area contributed by atoms with Crippen LogP contribution in [0, 0.1) is 12.8 Å². The number of nitrogens with one attached hydrogen (secondary N) is 1. The van der Waals surface area contributed by atoms with Gasteiger partial charge < -0.3 is 5.32 Å². The van der Waals surface area contributed by atoms with E-state index in [0.29, 0.717) is 6.54 Å². The fourth-order valence-corrected chi connectivity index (χ4v) is 2.10. The van der Waals surface area contributed by atoms with Gasteiger partial charge in [0.2, 0.25) is 0 Å². The molecule has 3 amide bonds. The van der Waals surface area contributed by atoms with Crippen molar-refractivity contribution < 1.29 is 9.59 Å². The second kappa shape index (κ2) is 4.80. The number of nitrogens with zero attached hydrogens (tertiary/aromatic N) is 1. The van der Waals surface area contributed by atoms with E-state index in [1.807, 2.05) is 45.0 Å². The first-order valence-electron chi connectivity index (χ1n) is 6.17. The van der Waals surface area contributed by atoms with Crippen LogP contribution in [0.2, 0.25) is 0 Å². The molecule has 0 bridgehead atoms. The molecule has 18 heavy (non-hydrogen) atoms. The minimum atomic E-state index is -0.387. The number of amides is 3. The molecule has 1 unspecified atom stereocenters. The molecule has 1 aromatic rings. The van der Waals surface area contributed by atoms with Crippen LogP contribution < -0.4 is 5.32 Å². The molecular formula is C14H18N2O2. The topological polar surface area (TPSA) is 49.4 Å². The van der Waals surface area contributed by atoms with Crippen molar-refractivity contribution in [2.24, 2.45) is 5.92 Å². The third-order valence-electron chi connectivity index (χ3n) is 3.31. The summed E-state index contributed by atoms with van der Waals surface area (Å²) in [7, 11) is 0. The fraction of sp³-hybridized carbons (Fsp3) is 0.429. The number of hydrogen-bond acceptors (Lipinski definition) is 2. The summed E-state index contributed by atoms with van der Waals surface area (Å²) in [5.41, 5.74) is 2.09. The number of carbonyl (C=O) groups excluding carboxylic acids is 2. The van der Waals surface area contributed by atoms with Crippen LogP contribution in [0.15, 0.2) is 24.3 Å². The van der Waals surface area contributed by atoms with Crippen molar-refractivity contribution >= 4 is 11.9 Å². The van der Waals surface area contributed by atoms with E-state index in [9.17, 15) is 9.59 Å². The maximum absolute atomic E-state index is 12.1. The average molecular weight is 246 g/mol. The largest absolute Gasteiger partial charge is 0.326 e. The van der Waals surface area contributed by atoms with Gasteiger partial charge in [-0.1, -0.05) is 38.1 Å². The Kier molecular flexibility index (Phi) is 3.36. The Labute approximate surface area is 107 Å². The fourth-order valence-electron chi connectivity index (χ4n) is 2.10. The van der Waals surface area contributed by atoms with Crippen LogP contribution in [-0.2, 0) is 11.3 Å². The smallest absolute Gasteiger partial charge is 0.325 e. The molecule has 1 aromatic carbocycles. The first-order chi connectivity index (χ1) is 8.50. The van der Waals surface area contributed by atoms with E-state index in [1.54, 1.807) is 0 Å². The molecule has 4 nitrogen and oxygen atoms in total. The number of hydrogen-bond donors (Lipinski definition) is 1. The van der Waals surface area contributed by atoms with Crippen molar-refractivity contribution in [1.29, 1.82) is 0 Å². The molecular weight excluding hydrogens is 228 g/mol. The van der Waals surface area contributed by atoms with E-state index in [0.717, 1.165) is 11.1 Å². The van der Waals surface area contributed by atoms with E-state index >= 15 is 0 Å². The summed E-state index contributed by atoms with van der Waals surface area (Å²) < 4.78 is 0. The molecule has 1 heterocycles. The highest BCUT2D eigenvalue weighted by molar-refractivity contribution is 6.04.